The summed E-state index contributed by atoms with van der Waals surface area (Å²) in [5.41, 5.74) is 7.36. The maximum atomic E-state index is 12.5. The smallest absolute Gasteiger partial charge is 0.234 e. The average molecular weight is 357 g/mol. The van der Waals surface area contributed by atoms with Gasteiger partial charge in [0.15, 0.2) is 0 Å². The summed E-state index contributed by atoms with van der Waals surface area (Å²) in [6.45, 7) is 5.32. The fourth-order valence-corrected chi connectivity index (χ4v) is 4.73. The topological polar surface area (TPSA) is 61.6 Å². The summed E-state index contributed by atoms with van der Waals surface area (Å²) in [6.07, 6.45) is 4.94. The van der Waals surface area contributed by atoms with Crippen LogP contribution in [0.15, 0.2) is 30.3 Å². The molecule has 0 unspecified atom stereocenters. The zero-order valence-electron chi connectivity index (χ0n) is 15.6. The number of likely N-dealkylation sites (tertiary alicyclic amines) is 2. The van der Waals surface area contributed by atoms with E-state index in [1.807, 2.05) is 0 Å². The van der Waals surface area contributed by atoms with Crippen molar-refractivity contribution in [3.63, 3.8) is 0 Å². The normalized spacial score (nSPS) is 28.3. The van der Waals surface area contributed by atoms with Gasteiger partial charge in [0, 0.05) is 44.2 Å². The molecular weight excluding hydrogens is 324 g/mol. The molecule has 1 aliphatic carbocycles. The molecule has 1 amide bonds. The van der Waals surface area contributed by atoms with Crippen molar-refractivity contribution in [1.82, 2.24) is 15.1 Å². The number of piperidine rings is 1. The van der Waals surface area contributed by atoms with Crippen LogP contribution in [0.5, 0.6) is 0 Å². The Morgan fingerprint density at radius 3 is 2.46 bits per heavy atom. The molecule has 0 spiro atoms. The van der Waals surface area contributed by atoms with Crippen LogP contribution >= 0.6 is 0 Å². The molecule has 3 aliphatic rings. The number of amides is 1. The Hall–Kier alpha value is -1.43. The van der Waals surface area contributed by atoms with Gasteiger partial charge in [-0.1, -0.05) is 30.3 Å². The van der Waals surface area contributed by atoms with Crippen molar-refractivity contribution in [2.45, 2.75) is 43.7 Å². The number of rotatable bonds is 6. The third-order valence-electron chi connectivity index (χ3n) is 6.37. The Morgan fingerprint density at radius 1 is 1.08 bits per heavy atom. The van der Waals surface area contributed by atoms with E-state index >= 15 is 0 Å². The Kier molecular flexibility index (Phi) is 5.57. The number of nitrogens with one attached hydrogen (secondary N) is 1. The molecule has 4 rings (SSSR count). The third-order valence-corrected chi connectivity index (χ3v) is 6.37. The molecule has 1 aromatic rings. The van der Waals surface area contributed by atoms with Crippen LogP contribution in [0, 0.1) is 5.92 Å². The van der Waals surface area contributed by atoms with Gasteiger partial charge in [-0.05, 0) is 43.7 Å². The fourth-order valence-electron chi connectivity index (χ4n) is 4.73. The first-order valence-corrected chi connectivity index (χ1v) is 10.2. The van der Waals surface area contributed by atoms with Gasteiger partial charge >= 0.3 is 0 Å². The van der Waals surface area contributed by atoms with Crippen molar-refractivity contribution in [3.8, 4) is 0 Å². The highest BCUT2D eigenvalue weighted by molar-refractivity contribution is 5.78. The largest absolute Gasteiger partial charge is 0.352 e. The van der Waals surface area contributed by atoms with Crippen molar-refractivity contribution in [2.24, 2.45) is 11.7 Å². The summed E-state index contributed by atoms with van der Waals surface area (Å²) in [7, 11) is 0. The first-order chi connectivity index (χ1) is 12.7. The van der Waals surface area contributed by atoms with Crippen molar-refractivity contribution in [3.05, 3.63) is 35.9 Å². The Morgan fingerprint density at radius 2 is 1.81 bits per heavy atom. The summed E-state index contributed by atoms with van der Waals surface area (Å²) in [4.78, 5) is 17.4. The Balaban J connectivity index is 1.25. The van der Waals surface area contributed by atoms with Gasteiger partial charge < -0.3 is 16.0 Å². The van der Waals surface area contributed by atoms with Crippen LogP contribution in [0.3, 0.4) is 0 Å². The predicted octanol–water partition coefficient (Wildman–Crippen LogP) is 1.40. The molecule has 1 aromatic carbocycles. The third kappa shape index (κ3) is 4.27. The molecular formula is C21H32N4O. The van der Waals surface area contributed by atoms with Gasteiger partial charge in [0.1, 0.15) is 0 Å². The minimum Gasteiger partial charge on any atom is -0.352 e. The number of carbonyl (C=O) groups is 1. The fraction of sp³-hybridized carbons (Fsp3) is 0.667. The van der Waals surface area contributed by atoms with Gasteiger partial charge in [0.2, 0.25) is 5.91 Å². The van der Waals surface area contributed by atoms with Gasteiger partial charge in [-0.15, -0.1) is 0 Å². The first kappa shape index (κ1) is 18.0. The highest BCUT2D eigenvalue weighted by Crippen LogP contribution is 2.32. The number of nitrogens with two attached hydrogens (primary N) is 1. The van der Waals surface area contributed by atoms with E-state index in [9.17, 15) is 4.79 Å². The molecule has 2 atom stereocenters. The average Bonchev–Trinajstić information content (AvgIpc) is 3.43. The lowest BCUT2D eigenvalue weighted by atomic mass is 9.89. The van der Waals surface area contributed by atoms with E-state index in [-0.39, 0.29) is 5.91 Å². The van der Waals surface area contributed by atoms with Crippen LogP contribution in [-0.4, -0.2) is 67.1 Å². The number of hydrogen-bond acceptors (Lipinski definition) is 4. The lowest BCUT2D eigenvalue weighted by Gasteiger charge is -2.32. The summed E-state index contributed by atoms with van der Waals surface area (Å²) < 4.78 is 0. The molecule has 3 N–H and O–H groups in total. The van der Waals surface area contributed by atoms with Crippen molar-refractivity contribution in [2.75, 3.05) is 39.3 Å². The summed E-state index contributed by atoms with van der Waals surface area (Å²) in [5.74, 6) is 1.06. The monoisotopic (exact) mass is 356 g/mol. The minimum absolute atomic E-state index is 0.180. The molecule has 2 saturated heterocycles. The van der Waals surface area contributed by atoms with Gasteiger partial charge in [0.05, 0.1) is 6.54 Å². The summed E-state index contributed by atoms with van der Waals surface area (Å²) in [5, 5.41) is 3.27. The van der Waals surface area contributed by atoms with Gasteiger partial charge in [-0.25, -0.2) is 0 Å². The van der Waals surface area contributed by atoms with Crippen LogP contribution in [-0.2, 0) is 4.79 Å². The highest BCUT2D eigenvalue weighted by Gasteiger charge is 2.35. The summed E-state index contributed by atoms with van der Waals surface area (Å²) >= 11 is 0. The van der Waals surface area contributed by atoms with Crippen LogP contribution < -0.4 is 11.1 Å². The van der Waals surface area contributed by atoms with E-state index in [0.29, 0.717) is 31.0 Å². The number of carbonyl (C=O) groups excluding carboxylic acids is 1. The lowest BCUT2D eigenvalue weighted by Crippen LogP contribution is -2.47. The highest BCUT2D eigenvalue weighted by atomic mass is 16.2. The standard InChI is InChI=1S/C21H32N4O/c22-12-17-13-24(14-20(17)16-4-2-1-3-5-16)15-21(26)23-18-8-10-25(11-9-18)19-6-7-19/h1-5,17-20H,6-15,22H2,(H,23,26)/t17-,20+/m1/s1. The van der Waals surface area contributed by atoms with Crippen molar-refractivity contribution in [1.29, 1.82) is 0 Å². The molecule has 2 heterocycles. The van der Waals surface area contributed by atoms with Crippen LogP contribution in [0.4, 0.5) is 0 Å². The molecule has 0 radical (unpaired) electrons. The van der Waals surface area contributed by atoms with Gasteiger partial charge in [0.25, 0.3) is 0 Å². The minimum atomic E-state index is 0.180. The molecule has 2 aliphatic heterocycles. The maximum Gasteiger partial charge on any atom is 0.234 e. The van der Waals surface area contributed by atoms with Crippen LogP contribution in [0.2, 0.25) is 0 Å². The summed E-state index contributed by atoms with van der Waals surface area (Å²) in [6, 6.07) is 11.8. The second kappa shape index (κ2) is 8.07. The zero-order valence-corrected chi connectivity index (χ0v) is 15.6. The Labute approximate surface area is 156 Å². The predicted molar refractivity (Wildman–Crippen MR) is 104 cm³/mol. The second-order valence-corrected chi connectivity index (χ2v) is 8.32. The van der Waals surface area contributed by atoms with Gasteiger partial charge in [-0.2, -0.15) is 0 Å². The molecule has 1 saturated carbocycles. The van der Waals surface area contributed by atoms with E-state index in [2.05, 4.69) is 45.4 Å². The van der Waals surface area contributed by atoms with Crippen molar-refractivity contribution >= 4 is 5.91 Å². The van der Waals surface area contributed by atoms with E-state index < -0.39 is 0 Å². The second-order valence-electron chi connectivity index (χ2n) is 8.32. The van der Waals surface area contributed by atoms with Crippen LogP contribution in [0.25, 0.3) is 0 Å². The van der Waals surface area contributed by atoms with Crippen LogP contribution in [0.1, 0.15) is 37.2 Å². The molecule has 5 nitrogen and oxygen atoms in total. The SMILES string of the molecule is NC[C@@H]1CN(CC(=O)NC2CCN(C3CC3)CC2)C[C@H]1c1ccccc1. The number of benzene rings is 1. The number of hydrogen-bond donors (Lipinski definition) is 2. The molecule has 26 heavy (non-hydrogen) atoms. The van der Waals surface area contributed by atoms with E-state index in [1.54, 1.807) is 0 Å². The molecule has 5 heteroatoms. The zero-order chi connectivity index (χ0) is 17.9. The maximum absolute atomic E-state index is 12.5. The number of nitrogens with zero attached hydrogens (tertiary/aromatic N) is 2. The van der Waals surface area contributed by atoms with E-state index in [1.165, 1.54) is 18.4 Å². The first-order valence-electron chi connectivity index (χ1n) is 10.2. The quantitative estimate of drug-likeness (QED) is 0.809. The van der Waals surface area contributed by atoms with Crippen molar-refractivity contribution < 1.29 is 4.79 Å². The molecule has 0 aromatic heterocycles. The molecule has 142 valence electrons. The van der Waals surface area contributed by atoms with E-state index in [0.717, 1.165) is 45.1 Å². The lowest BCUT2D eigenvalue weighted by molar-refractivity contribution is -0.123. The Bertz CT molecular complexity index is 595. The van der Waals surface area contributed by atoms with E-state index in [4.69, 9.17) is 5.73 Å². The molecule has 3 fully saturated rings. The molecule has 0 bridgehead atoms. The van der Waals surface area contributed by atoms with Gasteiger partial charge in [-0.3, -0.25) is 9.69 Å².